The number of nitro groups is 1. The van der Waals surface area contributed by atoms with Crippen molar-refractivity contribution in [1.82, 2.24) is 15.3 Å². The first-order chi connectivity index (χ1) is 11.6. The third-order valence-corrected chi connectivity index (χ3v) is 3.67. The number of hydrogen-bond acceptors (Lipinski definition) is 6. The summed E-state index contributed by atoms with van der Waals surface area (Å²) in [5, 5.41) is 14.0. The zero-order valence-electron chi connectivity index (χ0n) is 13.0. The van der Waals surface area contributed by atoms with Crippen molar-refractivity contribution >= 4 is 5.69 Å². The summed E-state index contributed by atoms with van der Waals surface area (Å²) in [6.07, 6.45) is 5.11. The Balaban J connectivity index is 1.64. The molecule has 7 nitrogen and oxygen atoms in total. The lowest BCUT2D eigenvalue weighted by Crippen LogP contribution is -2.18. The van der Waals surface area contributed by atoms with Gasteiger partial charge in [0.25, 0.3) is 5.69 Å². The van der Waals surface area contributed by atoms with Crippen LogP contribution in [0.4, 0.5) is 5.69 Å². The Kier molecular flexibility index (Phi) is 4.62. The first-order valence-electron chi connectivity index (χ1n) is 7.46. The highest BCUT2D eigenvalue weighted by Gasteiger charge is 2.11. The van der Waals surface area contributed by atoms with Crippen LogP contribution in [0.25, 0.3) is 11.5 Å². The van der Waals surface area contributed by atoms with E-state index in [1.807, 2.05) is 12.1 Å². The summed E-state index contributed by atoms with van der Waals surface area (Å²) in [7, 11) is 0. The molecule has 0 radical (unpaired) electrons. The second-order valence-corrected chi connectivity index (χ2v) is 5.33. The number of aromatic nitrogens is 2. The number of oxazole rings is 1. The van der Waals surface area contributed by atoms with Gasteiger partial charge in [-0.1, -0.05) is 0 Å². The Morgan fingerprint density at radius 3 is 2.58 bits per heavy atom. The van der Waals surface area contributed by atoms with Crippen molar-refractivity contribution in [3.63, 3.8) is 0 Å². The molecule has 0 spiro atoms. The van der Waals surface area contributed by atoms with Crippen LogP contribution in [-0.2, 0) is 6.54 Å². The van der Waals surface area contributed by atoms with Gasteiger partial charge in [-0.15, -0.1) is 0 Å². The van der Waals surface area contributed by atoms with Crippen molar-refractivity contribution in [2.45, 2.75) is 19.5 Å². The van der Waals surface area contributed by atoms with E-state index in [2.05, 4.69) is 22.2 Å². The van der Waals surface area contributed by atoms with Crippen LogP contribution < -0.4 is 5.32 Å². The summed E-state index contributed by atoms with van der Waals surface area (Å²) >= 11 is 0. The van der Waals surface area contributed by atoms with Crippen LogP contribution in [0.2, 0.25) is 0 Å². The van der Waals surface area contributed by atoms with Gasteiger partial charge >= 0.3 is 0 Å². The van der Waals surface area contributed by atoms with Gasteiger partial charge in [-0.05, 0) is 36.8 Å². The monoisotopic (exact) mass is 324 g/mol. The number of nitro benzene ring substituents is 1. The highest BCUT2D eigenvalue weighted by Crippen LogP contribution is 2.22. The van der Waals surface area contributed by atoms with Crippen LogP contribution in [0, 0.1) is 10.1 Å². The molecule has 2 heterocycles. The number of benzene rings is 1. The number of nitrogens with zero attached hydrogens (tertiary/aromatic N) is 3. The Hall–Kier alpha value is -3.06. The lowest BCUT2D eigenvalue weighted by Gasteiger charge is -2.12. The third-order valence-electron chi connectivity index (χ3n) is 3.67. The maximum atomic E-state index is 10.7. The van der Waals surface area contributed by atoms with Crippen LogP contribution in [0.1, 0.15) is 24.2 Å². The maximum absolute atomic E-state index is 10.7. The van der Waals surface area contributed by atoms with Gasteiger partial charge in [0, 0.05) is 42.7 Å². The minimum atomic E-state index is -0.435. The molecular formula is C17H16N4O3. The standard InChI is InChI=1S/C17H16N4O3/c1-12(13-6-8-18-9-7-13)19-10-15-11-24-17(20-15)14-2-4-16(5-3-14)21(22)23/h2-9,11-12,19H,10H2,1H3. The molecule has 7 heteroatoms. The van der Waals surface area contributed by atoms with Gasteiger partial charge in [-0.25, -0.2) is 4.98 Å². The van der Waals surface area contributed by atoms with E-state index >= 15 is 0 Å². The quantitative estimate of drug-likeness (QED) is 0.551. The van der Waals surface area contributed by atoms with Crippen molar-refractivity contribution in [3.05, 3.63) is 76.4 Å². The van der Waals surface area contributed by atoms with Crippen molar-refractivity contribution in [1.29, 1.82) is 0 Å². The predicted molar refractivity (Wildman–Crippen MR) is 88.1 cm³/mol. The SMILES string of the molecule is CC(NCc1coc(-c2ccc([N+](=O)[O-])cc2)n1)c1ccncc1. The first kappa shape index (κ1) is 15.8. The molecule has 1 unspecified atom stereocenters. The zero-order valence-corrected chi connectivity index (χ0v) is 13.0. The van der Waals surface area contributed by atoms with E-state index in [1.165, 1.54) is 12.1 Å². The molecule has 24 heavy (non-hydrogen) atoms. The fourth-order valence-corrected chi connectivity index (χ4v) is 2.27. The fraction of sp³-hybridized carbons (Fsp3) is 0.176. The first-order valence-corrected chi connectivity index (χ1v) is 7.46. The van der Waals surface area contributed by atoms with Crippen molar-refractivity contribution in [2.24, 2.45) is 0 Å². The number of rotatable bonds is 6. The molecule has 0 saturated carbocycles. The van der Waals surface area contributed by atoms with Gasteiger partial charge in [0.2, 0.25) is 5.89 Å². The molecule has 1 N–H and O–H groups in total. The van der Waals surface area contributed by atoms with Gasteiger partial charge in [0.05, 0.1) is 10.6 Å². The predicted octanol–water partition coefficient (Wildman–Crippen LogP) is 3.50. The molecule has 0 saturated heterocycles. The molecule has 122 valence electrons. The molecule has 0 bridgehead atoms. The number of hydrogen-bond donors (Lipinski definition) is 1. The van der Waals surface area contributed by atoms with Crippen molar-refractivity contribution in [3.8, 4) is 11.5 Å². The smallest absolute Gasteiger partial charge is 0.269 e. The Morgan fingerprint density at radius 1 is 1.21 bits per heavy atom. The normalized spacial score (nSPS) is 12.0. The fourth-order valence-electron chi connectivity index (χ4n) is 2.27. The minimum Gasteiger partial charge on any atom is -0.444 e. The highest BCUT2D eigenvalue weighted by molar-refractivity contribution is 5.55. The second-order valence-electron chi connectivity index (χ2n) is 5.33. The lowest BCUT2D eigenvalue weighted by atomic mass is 10.1. The molecule has 3 rings (SSSR count). The molecule has 2 aromatic heterocycles. The van der Waals surface area contributed by atoms with Gasteiger partial charge in [-0.2, -0.15) is 0 Å². The summed E-state index contributed by atoms with van der Waals surface area (Å²) in [6, 6.07) is 10.2. The molecule has 0 aliphatic carbocycles. The topological polar surface area (TPSA) is 94.1 Å². The van der Waals surface area contributed by atoms with Gasteiger partial charge < -0.3 is 9.73 Å². The molecule has 1 atom stereocenters. The van der Waals surface area contributed by atoms with Crippen LogP contribution in [0.15, 0.2) is 59.5 Å². The van der Waals surface area contributed by atoms with E-state index in [0.717, 1.165) is 11.3 Å². The highest BCUT2D eigenvalue weighted by atomic mass is 16.6. The van der Waals surface area contributed by atoms with E-state index < -0.39 is 4.92 Å². The van der Waals surface area contributed by atoms with Crippen LogP contribution in [-0.4, -0.2) is 14.9 Å². The summed E-state index contributed by atoms with van der Waals surface area (Å²) in [5.74, 6) is 0.443. The van der Waals surface area contributed by atoms with Gasteiger partial charge in [-0.3, -0.25) is 15.1 Å². The number of non-ortho nitro benzene ring substituents is 1. The summed E-state index contributed by atoms with van der Waals surface area (Å²) in [6.45, 7) is 2.62. The maximum Gasteiger partial charge on any atom is 0.269 e. The largest absolute Gasteiger partial charge is 0.444 e. The summed E-state index contributed by atoms with van der Waals surface area (Å²) < 4.78 is 5.46. The molecule has 0 amide bonds. The van der Waals surface area contributed by atoms with E-state index in [0.29, 0.717) is 18.0 Å². The molecule has 3 aromatic rings. The zero-order chi connectivity index (χ0) is 16.9. The van der Waals surface area contributed by atoms with Crippen LogP contribution >= 0.6 is 0 Å². The van der Waals surface area contributed by atoms with E-state index in [9.17, 15) is 10.1 Å². The lowest BCUT2D eigenvalue weighted by molar-refractivity contribution is -0.384. The third kappa shape index (κ3) is 3.64. The van der Waals surface area contributed by atoms with Crippen molar-refractivity contribution < 1.29 is 9.34 Å². The molecular weight excluding hydrogens is 308 g/mol. The minimum absolute atomic E-state index is 0.0402. The number of nitrogens with one attached hydrogen (secondary N) is 1. The average molecular weight is 324 g/mol. The number of pyridine rings is 1. The second kappa shape index (κ2) is 7.01. The Bertz CT molecular complexity index is 815. The van der Waals surface area contributed by atoms with Gasteiger partial charge in [0.1, 0.15) is 6.26 Å². The van der Waals surface area contributed by atoms with E-state index in [-0.39, 0.29) is 11.7 Å². The molecule has 0 aliphatic rings. The Labute approximate surface area is 138 Å². The average Bonchev–Trinajstić information content (AvgIpc) is 3.09. The summed E-state index contributed by atoms with van der Waals surface area (Å²) in [5.41, 5.74) is 2.65. The Morgan fingerprint density at radius 2 is 1.92 bits per heavy atom. The van der Waals surface area contributed by atoms with E-state index in [1.54, 1.807) is 30.8 Å². The van der Waals surface area contributed by atoms with E-state index in [4.69, 9.17) is 4.42 Å². The molecule has 1 aromatic carbocycles. The summed E-state index contributed by atoms with van der Waals surface area (Å²) in [4.78, 5) is 18.6. The van der Waals surface area contributed by atoms with Gasteiger partial charge in [0.15, 0.2) is 0 Å². The van der Waals surface area contributed by atoms with Crippen LogP contribution in [0.3, 0.4) is 0 Å². The van der Waals surface area contributed by atoms with Crippen LogP contribution in [0.5, 0.6) is 0 Å². The van der Waals surface area contributed by atoms with Crippen molar-refractivity contribution in [2.75, 3.05) is 0 Å². The molecule has 0 fully saturated rings. The molecule has 0 aliphatic heterocycles.